The van der Waals surface area contributed by atoms with Crippen LogP contribution < -0.4 is 15.8 Å². The molecule has 0 fully saturated rings. The first-order chi connectivity index (χ1) is 8.71. The predicted molar refractivity (Wildman–Crippen MR) is 83.7 cm³/mol. The quantitative estimate of drug-likeness (QED) is 0.785. The number of benzene rings is 1. The van der Waals surface area contributed by atoms with E-state index < -0.39 is 0 Å². The Balaban J connectivity index is 2.74. The summed E-state index contributed by atoms with van der Waals surface area (Å²) < 4.78 is 5.69. The molecule has 3 heteroatoms. The van der Waals surface area contributed by atoms with Gasteiger partial charge in [0.25, 0.3) is 0 Å². The Morgan fingerprint density at radius 3 is 2.37 bits per heavy atom. The lowest BCUT2D eigenvalue weighted by molar-refractivity contribution is 0.244. The summed E-state index contributed by atoms with van der Waals surface area (Å²) >= 11 is 0. The second-order valence-corrected chi connectivity index (χ2v) is 6.53. The topological polar surface area (TPSA) is 47.3 Å². The zero-order chi connectivity index (χ0) is 14.6. The summed E-state index contributed by atoms with van der Waals surface area (Å²) in [5, 5.41) is 3.43. The van der Waals surface area contributed by atoms with Gasteiger partial charge in [0.05, 0.1) is 17.5 Å². The Kier molecular flexibility index (Phi) is 5.10. The van der Waals surface area contributed by atoms with Crippen LogP contribution >= 0.6 is 0 Å². The summed E-state index contributed by atoms with van der Waals surface area (Å²) in [5.74, 6) is 1.31. The van der Waals surface area contributed by atoms with E-state index in [-0.39, 0.29) is 11.5 Å². The van der Waals surface area contributed by atoms with Crippen molar-refractivity contribution in [3.8, 4) is 5.75 Å². The molecule has 0 aliphatic heterocycles. The Morgan fingerprint density at radius 1 is 1.21 bits per heavy atom. The number of hydrogen-bond donors (Lipinski definition) is 2. The van der Waals surface area contributed by atoms with Crippen LogP contribution in [0.3, 0.4) is 0 Å². The lowest BCUT2D eigenvalue weighted by atomic mass is 9.82. The number of anilines is 2. The molecule has 1 atom stereocenters. The molecule has 19 heavy (non-hydrogen) atoms. The van der Waals surface area contributed by atoms with Crippen molar-refractivity contribution >= 4 is 11.4 Å². The van der Waals surface area contributed by atoms with Crippen LogP contribution in [0.5, 0.6) is 5.75 Å². The summed E-state index contributed by atoms with van der Waals surface area (Å²) in [5.41, 5.74) is 8.07. The fourth-order valence-corrected chi connectivity index (χ4v) is 1.62. The van der Waals surface area contributed by atoms with E-state index in [4.69, 9.17) is 10.5 Å². The molecule has 0 saturated heterocycles. The molecule has 1 rings (SSSR count). The smallest absolute Gasteiger partial charge is 0.144 e. The molecule has 0 aliphatic carbocycles. The van der Waals surface area contributed by atoms with E-state index in [1.165, 1.54) is 0 Å². The number of nitrogen functional groups attached to an aromatic ring is 1. The summed E-state index contributed by atoms with van der Waals surface area (Å²) in [4.78, 5) is 0. The van der Waals surface area contributed by atoms with Crippen LogP contribution in [0.25, 0.3) is 0 Å². The number of nitrogens with two attached hydrogens (primary N) is 1. The fraction of sp³-hybridized carbons (Fsp3) is 0.625. The van der Waals surface area contributed by atoms with Crippen LogP contribution in [0, 0.1) is 11.3 Å². The maximum Gasteiger partial charge on any atom is 0.144 e. The van der Waals surface area contributed by atoms with Crippen LogP contribution in [-0.4, -0.2) is 12.6 Å². The van der Waals surface area contributed by atoms with Crippen molar-refractivity contribution in [2.45, 2.75) is 47.6 Å². The molecule has 3 nitrogen and oxygen atoms in total. The maximum atomic E-state index is 6.14. The van der Waals surface area contributed by atoms with E-state index in [1.54, 1.807) is 0 Å². The molecule has 0 spiro atoms. The largest absolute Gasteiger partial charge is 0.489 e. The molecule has 0 aliphatic rings. The molecule has 0 heterocycles. The van der Waals surface area contributed by atoms with Gasteiger partial charge in [-0.05, 0) is 37.3 Å². The van der Waals surface area contributed by atoms with Gasteiger partial charge in [0.1, 0.15) is 5.75 Å². The number of nitrogens with one attached hydrogen (secondary N) is 1. The van der Waals surface area contributed by atoms with Gasteiger partial charge >= 0.3 is 0 Å². The van der Waals surface area contributed by atoms with Gasteiger partial charge in [-0.15, -0.1) is 0 Å². The molecule has 0 bridgehead atoms. The van der Waals surface area contributed by atoms with Crippen molar-refractivity contribution in [2.24, 2.45) is 11.3 Å². The van der Waals surface area contributed by atoms with Gasteiger partial charge < -0.3 is 15.8 Å². The summed E-state index contributed by atoms with van der Waals surface area (Å²) in [6.45, 7) is 13.9. The fourth-order valence-electron chi connectivity index (χ4n) is 1.62. The SMILES string of the molecule is CC(C)Oc1cccc(NCC(C)C(C)(C)C)c1N. The molecule has 1 aromatic rings. The Labute approximate surface area is 117 Å². The van der Waals surface area contributed by atoms with Gasteiger partial charge in [-0.1, -0.05) is 33.8 Å². The van der Waals surface area contributed by atoms with Crippen molar-refractivity contribution in [1.29, 1.82) is 0 Å². The first-order valence-corrected chi connectivity index (χ1v) is 7.01. The average Bonchev–Trinajstić information content (AvgIpc) is 2.28. The first-order valence-electron chi connectivity index (χ1n) is 7.01. The molecule has 1 unspecified atom stereocenters. The average molecular weight is 264 g/mol. The Hall–Kier alpha value is -1.38. The predicted octanol–water partition coefficient (Wildman–Crippen LogP) is 4.15. The van der Waals surface area contributed by atoms with Crippen molar-refractivity contribution in [2.75, 3.05) is 17.6 Å². The van der Waals surface area contributed by atoms with Gasteiger partial charge in [0.15, 0.2) is 0 Å². The van der Waals surface area contributed by atoms with Crippen LogP contribution in [0.15, 0.2) is 18.2 Å². The van der Waals surface area contributed by atoms with Crippen LogP contribution in [-0.2, 0) is 0 Å². The van der Waals surface area contributed by atoms with E-state index in [0.29, 0.717) is 11.6 Å². The van der Waals surface area contributed by atoms with E-state index >= 15 is 0 Å². The van der Waals surface area contributed by atoms with Crippen LogP contribution in [0.2, 0.25) is 0 Å². The van der Waals surface area contributed by atoms with Crippen molar-refractivity contribution in [1.82, 2.24) is 0 Å². The standard InChI is InChI=1S/C16H28N2O/c1-11(2)19-14-9-7-8-13(15(14)17)18-10-12(3)16(4,5)6/h7-9,11-12,18H,10,17H2,1-6H3. The van der Waals surface area contributed by atoms with Crippen molar-refractivity contribution in [3.05, 3.63) is 18.2 Å². The Morgan fingerprint density at radius 2 is 1.84 bits per heavy atom. The molecule has 1 aromatic carbocycles. The second kappa shape index (κ2) is 6.18. The molecule has 0 aromatic heterocycles. The zero-order valence-corrected chi connectivity index (χ0v) is 13.1. The highest BCUT2D eigenvalue weighted by molar-refractivity contribution is 5.72. The number of para-hydroxylation sites is 1. The van der Waals surface area contributed by atoms with E-state index in [1.807, 2.05) is 32.0 Å². The second-order valence-electron chi connectivity index (χ2n) is 6.53. The minimum Gasteiger partial charge on any atom is -0.489 e. The van der Waals surface area contributed by atoms with Crippen molar-refractivity contribution in [3.63, 3.8) is 0 Å². The van der Waals surface area contributed by atoms with Gasteiger partial charge in [0.2, 0.25) is 0 Å². The third-order valence-corrected chi connectivity index (χ3v) is 3.51. The molecule has 0 radical (unpaired) electrons. The van der Waals surface area contributed by atoms with Gasteiger partial charge in [-0.25, -0.2) is 0 Å². The summed E-state index contributed by atoms with van der Waals surface area (Å²) in [7, 11) is 0. The maximum absolute atomic E-state index is 6.14. The molecule has 0 amide bonds. The highest BCUT2D eigenvalue weighted by Gasteiger charge is 2.20. The number of hydrogen-bond acceptors (Lipinski definition) is 3. The lowest BCUT2D eigenvalue weighted by Crippen LogP contribution is -2.25. The zero-order valence-electron chi connectivity index (χ0n) is 13.1. The number of rotatable bonds is 5. The third kappa shape index (κ3) is 4.66. The Bertz CT molecular complexity index is 408. The van der Waals surface area contributed by atoms with Gasteiger partial charge in [-0.3, -0.25) is 0 Å². The van der Waals surface area contributed by atoms with E-state index in [0.717, 1.165) is 18.0 Å². The van der Waals surface area contributed by atoms with Crippen LogP contribution in [0.4, 0.5) is 11.4 Å². The molecule has 0 saturated carbocycles. The monoisotopic (exact) mass is 264 g/mol. The summed E-state index contributed by atoms with van der Waals surface area (Å²) in [6.07, 6.45) is 0.131. The third-order valence-electron chi connectivity index (χ3n) is 3.51. The van der Waals surface area contributed by atoms with Gasteiger partial charge in [0, 0.05) is 6.54 Å². The minimum atomic E-state index is 0.131. The van der Waals surface area contributed by atoms with Crippen molar-refractivity contribution < 1.29 is 4.74 Å². The normalized spacial score (nSPS) is 13.4. The molecule has 108 valence electrons. The van der Waals surface area contributed by atoms with Gasteiger partial charge in [-0.2, -0.15) is 0 Å². The first kappa shape index (κ1) is 15.7. The highest BCUT2D eigenvalue weighted by atomic mass is 16.5. The summed E-state index contributed by atoms with van der Waals surface area (Å²) in [6, 6.07) is 5.88. The highest BCUT2D eigenvalue weighted by Crippen LogP contribution is 2.31. The van der Waals surface area contributed by atoms with E-state index in [9.17, 15) is 0 Å². The van der Waals surface area contributed by atoms with Crippen LogP contribution in [0.1, 0.15) is 41.5 Å². The minimum absolute atomic E-state index is 0.131. The number of ether oxygens (including phenoxy) is 1. The lowest BCUT2D eigenvalue weighted by Gasteiger charge is -2.28. The molecule has 3 N–H and O–H groups in total. The molecular formula is C16H28N2O. The van der Waals surface area contributed by atoms with E-state index in [2.05, 4.69) is 33.0 Å². The molecular weight excluding hydrogens is 236 g/mol.